The SMILES string of the molecule is NC1CCCN(C(=O)C2CC3CCC2C3)C1. The Balaban J connectivity index is 1.64. The van der Waals surface area contributed by atoms with Crippen LogP contribution in [0.2, 0.25) is 0 Å². The first-order valence-corrected chi connectivity index (χ1v) is 6.78. The first-order valence-electron chi connectivity index (χ1n) is 6.78. The molecule has 2 bridgehead atoms. The first kappa shape index (κ1) is 10.6. The highest BCUT2D eigenvalue weighted by molar-refractivity contribution is 5.79. The normalized spacial score (nSPS) is 42.7. The summed E-state index contributed by atoms with van der Waals surface area (Å²) in [5.41, 5.74) is 5.94. The largest absolute Gasteiger partial charge is 0.341 e. The number of piperidine rings is 1. The van der Waals surface area contributed by atoms with E-state index in [1.54, 1.807) is 0 Å². The van der Waals surface area contributed by atoms with Gasteiger partial charge in [0, 0.05) is 25.0 Å². The summed E-state index contributed by atoms with van der Waals surface area (Å²) in [6, 6.07) is 0.219. The zero-order valence-electron chi connectivity index (χ0n) is 9.90. The number of rotatable bonds is 1. The zero-order chi connectivity index (χ0) is 11.1. The lowest BCUT2D eigenvalue weighted by Gasteiger charge is -2.34. The Morgan fingerprint density at radius 1 is 1.19 bits per heavy atom. The molecule has 0 spiro atoms. The van der Waals surface area contributed by atoms with Crippen LogP contribution in [0.1, 0.15) is 38.5 Å². The van der Waals surface area contributed by atoms with E-state index in [1.807, 2.05) is 4.90 Å². The highest BCUT2D eigenvalue weighted by atomic mass is 16.2. The van der Waals surface area contributed by atoms with Crippen LogP contribution in [0.15, 0.2) is 0 Å². The molecule has 2 N–H and O–H groups in total. The van der Waals surface area contributed by atoms with Gasteiger partial charge in [-0.2, -0.15) is 0 Å². The van der Waals surface area contributed by atoms with E-state index in [9.17, 15) is 4.79 Å². The van der Waals surface area contributed by atoms with Gasteiger partial charge in [-0.05, 0) is 43.9 Å². The number of hydrogen-bond acceptors (Lipinski definition) is 2. The Hall–Kier alpha value is -0.570. The topological polar surface area (TPSA) is 46.3 Å². The van der Waals surface area contributed by atoms with Gasteiger partial charge in [0.25, 0.3) is 0 Å². The Kier molecular flexibility index (Phi) is 2.66. The van der Waals surface area contributed by atoms with Crippen molar-refractivity contribution in [1.29, 1.82) is 0 Å². The predicted molar refractivity (Wildman–Crippen MR) is 62.7 cm³/mol. The maximum Gasteiger partial charge on any atom is 0.226 e. The summed E-state index contributed by atoms with van der Waals surface area (Å²) in [5, 5.41) is 0. The number of nitrogens with zero attached hydrogens (tertiary/aromatic N) is 1. The molecule has 3 rings (SSSR count). The van der Waals surface area contributed by atoms with Gasteiger partial charge in [-0.15, -0.1) is 0 Å². The van der Waals surface area contributed by atoms with Gasteiger partial charge in [0.15, 0.2) is 0 Å². The Labute approximate surface area is 97.4 Å². The van der Waals surface area contributed by atoms with Crippen LogP contribution in [-0.2, 0) is 4.79 Å². The molecule has 4 unspecified atom stereocenters. The smallest absolute Gasteiger partial charge is 0.226 e. The Morgan fingerprint density at radius 2 is 2.06 bits per heavy atom. The third kappa shape index (κ3) is 1.75. The van der Waals surface area contributed by atoms with Gasteiger partial charge >= 0.3 is 0 Å². The van der Waals surface area contributed by atoms with Gasteiger partial charge in [-0.3, -0.25) is 4.79 Å². The van der Waals surface area contributed by atoms with Gasteiger partial charge in [0.05, 0.1) is 0 Å². The van der Waals surface area contributed by atoms with Crippen molar-refractivity contribution in [2.45, 2.75) is 44.6 Å². The lowest BCUT2D eigenvalue weighted by Crippen LogP contribution is -2.48. The summed E-state index contributed by atoms with van der Waals surface area (Å²) >= 11 is 0. The second-order valence-corrected chi connectivity index (χ2v) is 5.97. The predicted octanol–water partition coefficient (Wildman–Crippen LogP) is 1.37. The molecule has 16 heavy (non-hydrogen) atoms. The average molecular weight is 222 g/mol. The number of nitrogens with two attached hydrogens (primary N) is 1. The highest BCUT2D eigenvalue weighted by Crippen LogP contribution is 2.48. The van der Waals surface area contributed by atoms with Gasteiger partial charge < -0.3 is 10.6 Å². The lowest BCUT2D eigenvalue weighted by molar-refractivity contribution is -0.138. The third-order valence-electron chi connectivity index (χ3n) is 4.82. The molecule has 90 valence electrons. The van der Waals surface area contributed by atoms with E-state index in [4.69, 9.17) is 5.73 Å². The Morgan fingerprint density at radius 3 is 2.69 bits per heavy atom. The van der Waals surface area contributed by atoms with E-state index in [2.05, 4.69) is 0 Å². The number of amides is 1. The minimum atomic E-state index is 0.219. The summed E-state index contributed by atoms with van der Waals surface area (Å²) in [7, 11) is 0. The van der Waals surface area contributed by atoms with Crippen molar-refractivity contribution in [3.8, 4) is 0 Å². The quantitative estimate of drug-likeness (QED) is 0.728. The van der Waals surface area contributed by atoms with Crippen LogP contribution in [0, 0.1) is 17.8 Å². The molecule has 2 aliphatic carbocycles. The molecule has 2 saturated carbocycles. The minimum Gasteiger partial charge on any atom is -0.341 e. The molecule has 1 heterocycles. The molecule has 1 aliphatic heterocycles. The van der Waals surface area contributed by atoms with Gasteiger partial charge in [-0.25, -0.2) is 0 Å². The standard InChI is InChI=1S/C13H22N2O/c14-11-2-1-5-15(8-11)13(16)12-7-9-3-4-10(12)6-9/h9-12H,1-8,14H2. The van der Waals surface area contributed by atoms with Crippen molar-refractivity contribution in [3.05, 3.63) is 0 Å². The third-order valence-corrected chi connectivity index (χ3v) is 4.82. The molecule has 0 radical (unpaired) electrons. The lowest BCUT2D eigenvalue weighted by atomic mass is 9.87. The molecule has 0 aromatic heterocycles. The number of fused-ring (bicyclic) bond motifs is 2. The molecular formula is C13H22N2O. The molecular weight excluding hydrogens is 200 g/mol. The van der Waals surface area contributed by atoms with Gasteiger partial charge in [-0.1, -0.05) is 6.42 Å². The summed E-state index contributed by atoms with van der Waals surface area (Å²) in [5.74, 6) is 2.33. The molecule has 3 nitrogen and oxygen atoms in total. The summed E-state index contributed by atoms with van der Waals surface area (Å²) in [6.45, 7) is 1.74. The molecule has 1 saturated heterocycles. The Bertz CT molecular complexity index is 292. The van der Waals surface area contributed by atoms with Crippen molar-refractivity contribution in [1.82, 2.24) is 4.90 Å². The maximum atomic E-state index is 12.4. The fraction of sp³-hybridized carbons (Fsp3) is 0.923. The van der Waals surface area contributed by atoms with Crippen LogP contribution in [-0.4, -0.2) is 29.9 Å². The van der Waals surface area contributed by atoms with Gasteiger partial charge in [0.1, 0.15) is 0 Å². The maximum absolute atomic E-state index is 12.4. The van der Waals surface area contributed by atoms with E-state index < -0.39 is 0 Å². The number of likely N-dealkylation sites (tertiary alicyclic amines) is 1. The molecule has 1 amide bonds. The van der Waals surface area contributed by atoms with E-state index in [0.717, 1.165) is 38.3 Å². The first-order chi connectivity index (χ1) is 7.74. The second kappa shape index (κ2) is 4.02. The van der Waals surface area contributed by atoms with Crippen LogP contribution >= 0.6 is 0 Å². The molecule has 0 aromatic carbocycles. The number of carbonyl (C=O) groups is 1. The number of hydrogen-bond donors (Lipinski definition) is 1. The molecule has 3 fully saturated rings. The van der Waals surface area contributed by atoms with Crippen LogP contribution in [0.4, 0.5) is 0 Å². The van der Waals surface area contributed by atoms with E-state index in [0.29, 0.717) is 17.7 Å². The van der Waals surface area contributed by atoms with Crippen LogP contribution in [0.5, 0.6) is 0 Å². The summed E-state index contributed by atoms with van der Waals surface area (Å²) < 4.78 is 0. The van der Waals surface area contributed by atoms with Crippen molar-refractivity contribution in [3.63, 3.8) is 0 Å². The van der Waals surface area contributed by atoms with Crippen LogP contribution < -0.4 is 5.73 Å². The molecule has 4 atom stereocenters. The van der Waals surface area contributed by atoms with E-state index >= 15 is 0 Å². The monoisotopic (exact) mass is 222 g/mol. The van der Waals surface area contributed by atoms with Crippen molar-refractivity contribution in [2.24, 2.45) is 23.5 Å². The van der Waals surface area contributed by atoms with E-state index in [1.165, 1.54) is 19.3 Å². The van der Waals surface area contributed by atoms with Gasteiger partial charge in [0.2, 0.25) is 5.91 Å². The summed E-state index contributed by atoms with van der Waals surface area (Å²) in [6.07, 6.45) is 7.31. The van der Waals surface area contributed by atoms with E-state index in [-0.39, 0.29) is 6.04 Å². The zero-order valence-corrected chi connectivity index (χ0v) is 9.90. The van der Waals surface area contributed by atoms with Crippen LogP contribution in [0.3, 0.4) is 0 Å². The molecule has 0 aromatic rings. The highest BCUT2D eigenvalue weighted by Gasteiger charge is 2.44. The van der Waals surface area contributed by atoms with Crippen molar-refractivity contribution >= 4 is 5.91 Å². The fourth-order valence-electron chi connectivity index (χ4n) is 3.99. The minimum absolute atomic E-state index is 0.219. The van der Waals surface area contributed by atoms with Crippen LogP contribution in [0.25, 0.3) is 0 Å². The second-order valence-electron chi connectivity index (χ2n) is 5.97. The molecule has 3 aliphatic rings. The summed E-state index contributed by atoms with van der Waals surface area (Å²) in [4.78, 5) is 14.4. The fourth-order valence-corrected chi connectivity index (χ4v) is 3.99. The average Bonchev–Trinajstić information content (AvgIpc) is 2.89. The number of carbonyl (C=O) groups excluding carboxylic acids is 1. The molecule has 3 heteroatoms. The van der Waals surface area contributed by atoms with Crippen molar-refractivity contribution < 1.29 is 4.79 Å². The van der Waals surface area contributed by atoms with Crippen molar-refractivity contribution in [2.75, 3.05) is 13.1 Å².